The van der Waals surface area contributed by atoms with E-state index in [1.165, 1.54) is 11.1 Å². The van der Waals surface area contributed by atoms with E-state index in [1.54, 1.807) is 0 Å². The predicted octanol–water partition coefficient (Wildman–Crippen LogP) is 6.44. The van der Waals surface area contributed by atoms with Gasteiger partial charge in [0.1, 0.15) is 0 Å². The first kappa shape index (κ1) is 20.2. The van der Waals surface area contributed by atoms with Crippen molar-refractivity contribution >= 4 is 0 Å². The molecule has 0 N–H and O–H groups in total. The van der Waals surface area contributed by atoms with Crippen LogP contribution in [0.1, 0.15) is 44.7 Å². The van der Waals surface area contributed by atoms with Gasteiger partial charge in [-0.3, -0.25) is 0 Å². The molecule has 2 heteroatoms. The summed E-state index contributed by atoms with van der Waals surface area (Å²) in [7, 11) is 0. The van der Waals surface area contributed by atoms with E-state index in [4.69, 9.17) is 9.47 Å². The highest BCUT2D eigenvalue weighted by Gasteiger charge is 2.08. The third-order valence-electron chi connectivity index (χ3n) is 4.03. The summed E-state index contributed by atoms with van der Waals surface area (Å²) in [6, 6.07) is 20.4. The number of ether oxygens (including phenoxy) is 2. The van der Waals surface area contributed by atoms with Gasteiger partial charge in [0.25, 0.3) is 0 Å². The van der Waals surface area contributed by atoms with E-state index in [0.717, 1.165) is 24.0 Å². The maximum absolute atomic E-state index is 6.03. The zero-order chi connectivity index (χ0) is 18.6. The Balaban J connectivity index is 1.96. The molecule has 0 bridgehead atoms. The Morgan fingerprint density at radius 1 is 0.808 bits per heavy atom. The molecule has 0 radical (unpaired) electrons. The zero-order valence-electron chi connectivity index (χ0n) is 16.2. The lowest BCUT2D eigenvalue weighted by atomic mass is 10.1. The summed E-state index contributed by atoms with van der Waals surface area (Å²) in [6.45, 7) is 7.49. The van der Waals surface area contributed by atoms with Gasteiger partial charge in [0.05, 0.1) is 13.2 Å². The molecule has 0 heterocycles. The summed E-state index contributed by atoms with van der Waals surface area (Å²) in [6.07, 6.45) is 6.09. The van der Waals surface area contributed by atoms with Crippen LogP contribution < -0.4 is 0 Å². The lowest BCUT2D eigenvalue weighted by molar-refractivity contribution is -0.126. The summed E-state index contributed by atoms with van der Waals surface area (Å²) in [5, 5.41) is 0. The van der Waals surface area contributed by atoms with Crippen molar-refractivity contribution in [3.63, 3.8) is 0 Å². The fraction of sp³-hybridized carbons (Fsp3) is 0.333. The van der Waals surface area contributed by atoms with Crippen molar-refractivity contribution in [2.24, 2.45) is 0 Å². The minimum Gasteiger partial charge on any atom is -0.344 e. The second-order valence-electron chi connectivity index (χ2n) is 6.79. The molecule has 0 aromatic heterocycles. The molecule has 0 aliphatic heterocycles. The van der Waals surface area contributed by atoms with Crippen LogP contribution in [0.2, 0.25) is 0 Å². The molecule has 2 aromatic rings. The molecule has 2 aromatic carbocycles. The SMILES string of the molecule is CC(C)=CCC/C(C)=C/C(OCc1ccccc1)OCc1ccccc1. The predicted molar refractivity (Wildman–Crippen MR) is 109 cm³/mol. The van der Waals surface area contributed by atoms with Crippen molar-refractivity contribution in [1.82, 2.24) is 0 Å². The number of allylic oxidation sites excluding steroid dienone is 3. The zero-order valence-corrected chi connectivity index (χ0v) is 16.2. The highest BCUT2D eigenvalue weighted by Crippen LogP contribution is 2.14. The van der Waals surface area contributed by atoms with Crippen molar-refractivity contribution in [1.29, 1.82) is 0 Å². The van der Waals surface area contributed by atoms with Gasteiger partial charge in [0.2, 0.25) is 0 Å². The topological polar surface area (TPSA) is 18.5 Å². The largest absolute Gasteiger partial charge is 0.344 e. The Hall–Kier alpha value is -2.16. The number of benzene rings is 2. The molecule has 0 unspecified atom stereocenters. The smallest absolute Gasteiger partial charge is 0.177 e. The molecule has 0 spiro atoms. The highest BCUT2D eigenvalue weighted by molar-refractivity contribution is 5.15. The third kappa shape index (κ3) is 8.28. The summed E-state index contributed by atoms with van der Waals surface area (Å²) in [5.74, 6) is 0. The first-order valence-electron chi connectivity index (χ1n) is 9.25. The van der Waals surface area contributed by atoms with Crippen molar-refractivity contribution < 1.29 is 9.47 Å². The van der Waals surface area contributed by atoms with E-state index in [2.05, 4.69) is 57.2 Å². The van der Waals surface area contributed by atoms with Gasteiger partial charge in [-0.25, -0.2) is 0 Å². The van der Waals surface area contributed by atoms with Gasteiger partial charge in [-0.15, -0.1) is 0 Å². The van der Waals surface area contributed by atoms with Gasteiger partial charge in [0, 0.05) is 0 Å². The molecule has 0 atom stereocenters. The molecule has 0 saturated carbocycles. The van der Waals surface area contributed by atoms with Crippen LogP contribution in [0.3, 0.4) is 0 Å². The lowest BCUT2D eigenvalue weighted by Gasteiger charge is -2.17. The Morgan fingerprint density at radius 3 is 1.77 bits per heavy atom. The number of hydrogen-bond acceptors (Lipinski definition) is 2. The van der Waals surface area contributed by atoms with Crippen LogP contribution in [-0.2, 0) is 22.7 Å². The van der Waals surface area contributed by atoms with Crippen LogP contribution >= 0.6 is 0 Å². The highest BCUT2D eigenvalue weighted by atomic mass is 16.7. The summed E-state index contributed by atoms with van der Waals surface area (Å²) in [4.78, 5) is 0. The fourth-order valence-corrected chi connectivity index (χ4v) is 2.55. The Bertz CT molecular complexity index is 639. The minimum absolute atomic E-state index is 0.345. The fourth-order valence-electron chi connectivity index (χ4n) is 2.55. The van der Waals surface area contributed by atoms with Crippen LogP contribution in [0.4, 0.5) is 0 Å². The average Bonchev–Trinajstić information content (AvgIpc) is 2.65. The minimum atomic E-state index is -0.345. The van der Waals surface area contributed by atoms with E-state index < -0.39 is 0 Å². The van der Waals surface area contributed by atoms with Crippen LogP contribution in [-0.4, -0.2) is 6.29 Å². The lowest BCUT2D eigenvalue weighted by Crippen LogP contribution is -2.15. The molecule has 2 nitrogen and oxygen atoms in total. The molecule has 0 fully saturated rings. The maximum Gasteiger partial charge on any atom is 0.177 e. The quantitative estimate of drug-likeness (QED) is 0.363. The summed E-state index contributed by atoms with van der Waals surface area (Å²) >= 11 is 0. The first-order chi connectivity index (χ1) is 12.6. The monoisotopic (exact) mass is 350 g/mol. The van der Waals surface area contributed by atoms with Crippen LogP contribution in [0, 0.1) is 0 Å². The molecule has 2 rings (SSSR count). The third-order valence-corrected chi connectivity index (χ3v) is 4.03. The van der Waals surface area contributed by atoms with Gasteiger partial charge >= 0.3 is 0 Å². The molecule has 0 saturated heterocycles. The van der Waals surface area contributed by atoms with Gasteiger partial charge in [-0.2, -0.15) is 0 Å². The molecule has 0 aliphatic rings. The second kappa shape index (κ2) is 11.5. The Morgan fingerprint density at radius 2 is 1.31 bits per heavy atom. The van der Waals surface area contributed by atoms with Crippen molar-refractivity contribution in [2.75, 3.05) is 0 Å². The maximum atomic E-state index is 6.03. The second-order valence-corrected chi connectivity index (χ2v) is 6.79. The van der Waals surface area contributed by atoms with Gasteiger partial charge in [-0.05, 0) is 50.8 Å². The van der Waals surface area contributed by atoms with Gasteiger partial charge < -0.3 is 9.47 Å². The molecular formula is C24H30O2. The molecular weight excluding hydrogens is 320 g/mol. The van der Waals surface area contributed by atoms with Crippen LogP contribution in [0.25, 0.3) is 0 Å². The van der Waals surface area contributed by atoms with E-state index in [9.17, 15) is 0 Å². The van der Waals surface area contributed by atoms with Crippen molar-refractivity contribution in [3.05, 3.63) is 95.1 Å². The molecule has 26 heavy (non-hydrogen) atoms. The van der Waals surface area contributed by atoms with Crippen molar-refractivity contribution in [3.8, 4) is 0 Å². The first-order valence-corrected chi connectivity index (χ1v) is 9.25. The van der Waals surface area contributed by atoms with E-state index in [0.29, 0.717) is 13.2 Å². The number of rotatable bonds is 10. The Kier molecular flexibility index (Phi) is 8.88. The van der Waals surface area contributed by atoms with Crippen LogP contribution in [0.15, 0.2) is 84.0 Å². The average molecular weight is 351 g/mol. The van der Waals surface area contributed by atoms with E-state index in [-0.39, 0.29) is 6.29 Å². The number of hydrogen-bond donors (Lipinski definition) is 0. The van der Waals surface area contributed by atoms with E-state index >= 15 is 0 Å². The van der Waals surface area contributed by atoms with Gasteiger partial charge in [0.15, 0.2) is 6.29 Å². The molecule has 0 amide bonds. The standard InChI is InChI=1S/C24H30O2/c1-20(2)11-10-12-21(3)17-24(25-18-22-13-6-4-7-14-22)26-19-23-15-8-5-9-16-23/h4-9,11,13-17,24H,10,12,18-19H2,1-3H3/b21-17+. The summed E-state index contributed by atoms with van der Waals surface area (Å²) in [5.41, 5.74) is 4.94. The normalized spacial score (nSPS) is 11.6. The molecule has 0 aliphatic carbocycles. The Labute approximate surface area is 158 Å². The van der Waals surface area contributed by atoms with Crippen LogP contribution in [0.5, 0.6) is 0 Å². The summed E-state index contributed by atoms with van der Waals surface area (Å²) < 4.78 is 12.1. The van der Waals surface area contributed by atoms with Crippen molar-refractivity contribution in [2.45, 2.75) is 53.1 Å². The van der Waals surface area contributed by atoms with E-state index in [1.807, 2.05) is 36.4 Å². The van der Waals surface area contributed by atoms with Gasteiger partial charge in [-0.1, -0.05) is 77.9 Å². The molecule has 138 valence electrons.